The third-order valence-corrected chi connectivity index (χ3v) is 2.64. The molecule has 20 heavy (non-hydrogen) atoms. The summed E-state index contributed by atoms with van der Waals surface area (Å²) >= 11 is 0. The van der Waals surface area contributed by atoms with Crippen molar-refractivity contribution in [3.8, 4) is 5.75 Å². The third-order valence-electron chi connectivity index (χ3n) is 2.64. The highest BCUT2D eigenvalue weighted by Crippen LogP contribution is 2.18. The van der Waals surface area contributed by atoms with Gasteiger partial charge in [0, 0.05) is 11.8 Å². The van der Waals surface area contributed by atoms with E-state index in [2.05, 4.69) is 5.32 Å². The Labute approximate surface area is 115 Å². The van der Waals surface area contributed by atoms with Gasteiger partial charge in [-0.2, -0.15) is 0 Å². The standard InChI is InChI=1S/C15H13F2NO2/c1-10-2-3-12(17)8-14(10)20-9-15(19)18-13-6-4-11(16)5-7-13/h2-8H,9H2,1H3,(H,18,19). The summed E-state index contributed by atoms with van der Waals surface area (Å²) in [5.74, 6) is -0.890. The highest BCUT2D eigenvalue weighted by molar-refractivity contribution is 5.91. The maximum Gasteiger partial charge on any atom is 0.262 e. The molecule has 0 fully saturated rings. The van der Waals surface area contributed by atoms with Gasteiger partial charge in [-0.25, -0.2) is 8.78 Å². The van der Waals surface area contributed by atoms with Gasteiger partial charge >= 0.3 is 0 Å². The molecule has 0 heterocycles. The van der Waals surface area contributed by atoms with Crippen molar-refractivity contribution in [2.45, 2.75) is 6.92 Å². The summed E-state index contributed by atoms with van der Waals surface area (Å²) < 4.78 is 31.0. The number of nitrogens with one attached hydrogen (secondary N) is 1. The summed E-state index contributed by atoms with van der Waals surface area (Å²) in [5.41, 5.74) is 1.21. The maximum absolute atomic E-state index is 13.0. The Morgan fingerprint density at radius 3 is 2.45 bits per heavy atom. The number of hydrogen-bond acceptors (Lipinski definition) is 2. The van der Waals surface area contributed by atoms with Crippen LogP contribution in [0, 0.1) is 18.6 Å². The summed E-state index contributed by atoms with van der Waals surface area (Å²) in [6, 6.07) is 9.49. The van der Waals surface area contributed by atoms with Crippen LogP contribution in [0.25, 0.3) is 0 Å². The van der Waals surface area contributed by atoms with Crippen molar-refractivity contribution in [1.82, 2.24) is 0 Å². The molecule has 0 aliphatic carbocycles. The fraction of sp³-hybridized carbons (Fsp3) is 0.133. The summed E-state index contributed by atoms with van der Waals surface area (Å²) in [6.45, 7) is 1.51. The fourth-order valence-corrected chi connectivity index (χ4v) is 1.60. The van der Waals surface area contributed by atoms with Crippen molar-refractivity contribution in [1.29, 1.82) is 0 Å². The zero-order chi connectivity index (χ0) is 14.5. The maximum atomic E-state index is 13.0. The van der Waals surface area contributed by atoms with Gasteiger partial charge in [0.15, 0.2) is 6.61 Å². The highest BCUT2D eigenvalue weighted by atomic mass is 19.1. The predicted octanol–water partition coefficient (Wildman–Crippen LogP) is 3.29. The van der Waals surface area contributed by atoms with Gasteiger partial charge in [-0.1, -0.05) is 6.07 Å². The number of carbonyl (C=O) groups excluding carboxylic acids is 1. The lowest BCUT2D eigenvalue weighted by Gasteiger charge is -2.09. The van der Waals surface area contributed by atoms with Crippen molar-refractivity contribution < 1.29 is 18.3 Å². The molecule has 104 valence electrons. The van der Waals surface area contributed by atoms with Gasteiger partial charge in [-0.05, 0) is 42.8 Å². The van der Waals surface area contributed by atoms with E-state index in [-0.39, 0.29) is 12.4 Å². The number of aryl methyl sites for hydroxylation is 1. The van der Waals surface area contributed by atoms with E-state index in [1.54, 1.807) is 13.0 Å². The lowest BCUT2D eigenvalue weighted by atomic mass is 10.2. The molecule has 0 unspecified atom stereocenters. The molecule has 5 heteroatoms. The van der Waals surface area contributed by atoms with E-state index >= 15 is 0 Å². The van der Waals surface area contributed by atoms with Gasteiger partial charge < -0.3 is 10.1 Å². The van der Waals surface area contributed by atoms with Crippen molar-refractivity contribution in [2.75, 3.05) is 11.9 Å². The third kappa shape index (κ3) is 3.78. The molecule has 0 saturated heterocycles. The van der Waals surface area contributed by atoms with Crippen LogP contribution in [0.2, 0.25) is 0 Å². The molecule has 1 N–H and O–H groups in total. The van der Waals surface area contributed by atoms with Gasteiger partial charge in [0.2, 0.25) is 0 Å². The average molecular weight is 277 g/mol. The number of carbonyl (C=O) groups is 1. The second-order valence-electron chi connectivity index (χ2n) is 4.25. The predicted molar refractivity (Wildman–Crippen MR) is 71.7 cm³/mol. The molecule has 0 aliphatic heterocycles. The Morgan fingerprint density at radius 1 is 1.10 bits per heavy atom. The van der Waals surface area contributed by atoms with Crippen LogP contribution < -0.4 is 10.1 Å². The van der Waals surface area contributed by atoms with Crippen molar-refractivity contribution in [3.63, 3.8) is 0 Å². The van der Waals surface area contributed by atoms with Gasteiger partial charge in [0.05, 0.1) is 0 Å². The second kappa shape index (κ2) is 6.14. The zero-order valence-corrected chi connectivity index (χ0v) is 10.8. The molecular formula is C15H13F2NO2. The van der Waals surface area contributed by atoms with E-state index in [1.165, 1.54) is 36.4 Å². The first-order valence-corrected chi connectivity index (χ1v) is 5.99. The molecule has 2 aromatic rings. The lowest BCUT2D eigenvalue weighted by Crippen LogP contribution is -2.20. The Morgan fingerprint density at radius 2 is 1.75 bits per heavy atom. The Hall–Kier alpha value is -2.43. The SMILES string of the molecule is Cc1ccc(F)cc1OCC(=O)Nc1ccc(F)cc1. The Balaban J connectivity index is 1.92. The molecule has 0 spiro atoms. The van der Waals surface area contributed by atoms with Crippen LogP contribution in [0.4, 0.5) is 14.5 Å². The van der Waals surface area contributed by atoms with Gasteiger partial charge in [-0.15, -0.1) is 0 Å². The summed E-state index contributed by atoms with van der Waals surface area (Å²) in [6.07, 6.45) is 0. The van der Waals surface area contributed by atoms with Crippen LogP contribution in [-0.4, -0.2) is 12.5 Å². The molecule has 1 amide bonds. The Kier molecular flexibility index (Phi) is 4.30. The topological polar surface area (TPSA) is 38.3 Å². The summed E-state index contributed by atoms with van der Waals surface area (Å²) in [4.78, 5) is 11.6. The first-order chi connectivity index (χ1) is 9.54. The van der Waals surface area contributed by atoms with Crippen LogP contribution in [0.3, 0.4) is 0 Å². The number of anilines is 1. The molecule has 0 atom stereocenters. The van der Waals surface area contributed by atoms with Crippen LogP contribution in [0.15, 0.2) is 42.5 Å². The summed E-state index contributed by atoms with van der Waals surface area (Å²) in [7, 11) is 0. The van der Waals surface area contributed by atoms with Gasteiger partial charge in [0.25, 0.3) is 5.91 Å². The minimum atomic E-state index is -0.426. The van der Waals surface area contributed by atoms with E-state index in [4.69, 9.17) is 4.74 Å². The molecule has 2 aromatic carbocycles. The quantitative estimate of drug-likeness (QED) is 0.931. The minimum Gasteiger partial charge on any atom is -0.483 e. The number of benzene rings is 2. The molecule has 3 nitrogen and oxygen atoms in total. The molecule has 0 saturated carbocycles. The zero-order valence-electron chi connectivity index (χ0n) is 10.8. The smallest absolute Gasteiger partial charge is 0.262 e. The van der Waals surface area contributed by atoms with Crippen LogP contribution in [-0.2, 0) is 4.79 Å². The van der Waals surface area contributed by atoms with E-state index in [9.17, 15) is 13.6 Å². The number of rotatable bonds is 4. The van der Waals surface area contributed by atoms with Crippen molar-refractivity contribution >= 4 is 11.6 Å². The first-order valence-electron chi connectivity index (χ1n) is 5.99. The number of hydrogen-bond donors (Lipinski definition) is 1. The van der Waals surface area contributed by atoms with Crippen LogP contribution >= 0.6 is 0 Å². The summed E-state index contributed by atoms with van der Waals surface area (Å²) in [5, 5.41) is 2.55. The number of halogens is 2. The molecule has 0 bridgehead atoms. The van der Waals surface area contributed by atoms with E-state index in [0.29, 0.717) is 11.4 Å². The molecule has 0 aromatic heterocycles. The highest BCUT2D eigenvalue weighted by Gasteiger charge is 2.06. The fourth-order valence-electron chi connectivity index (χ4n) is 1.60. The lowest BCUT2D eigenvalue weighted by molar-refractivity contribution is -0.118. The van der Waals surface area contributed by atoms with Crippen molar-refractivity contribution in [2.24, 2.45) is 0 Å². The van der Waals surface area contributed by atoms with Gasteiger partial charge in [0.1, 0.15) is 17.4 Å². The number of ether oxygens (including phenoxy) is 1. The van der Waals surface area contributed by atoms with Crippen LogP contribution in [0.5, 0.6) is 5.75 Å². The minimum absolute atomic E-state index is 0.248. The largest absolute Gasteiger partial charge is 0.483 e. The molecule has 0 aliphatic rings. The van der Waals surface area contributed by atoms with Gasteiger partial charge in [-0.3, -0.25) is 4.79 Å². The molecule has 0 radical (unpaired) electrons. The average Bonchev–Trinajstić information content (AvgIpc) is 2.42. The van der Waals surface area contributed by atoms with E-state index in [0.717, 1.165) is 5.56 Å². The molecular weight excluding hydrogens is 264 g/mol. The Bertz CT molecular complexity index is 612. The molecule has 2 rings (SSSR count). The van der Waals surface area contributed by atoms with Crippen molar-refractivity contribution in [3.05, 3.63) is 59.7 Å². The second-order valence-corrected chi connectivity index (χ2v) is 4.25. The number of amides is 1. The van der Waals surface area contributed by atoms with E-state index < -0.39 is 11.7 Å². The first kappa shape index (κ1) is 14.0. The van der Waals surface area contributed by atoms with E-state index in [1.807, 2.05) is 0 Å². The monoisotopic (exact) mass is 277 g/mol. The normalized spacial score (nSPS) is 10.2. The van der Waals surface area contributed by atoms with Crippen LogP contribution in [0.1, 0.15) is 5.56 Å².